The second kappa shape index (κ2) is 6.61. The standard InChI is InChI=1S/C18H26O4/c1-6-7-14-13(3)18(22,17(4,5)11-15(14)19)9-8-12(2)10-16(20)21/h8-10,22H,6-7,11H2,1-5H3,(H,20,21). The Hall–Kier alpha value is -1.68. The van der Waals surface area contributed by atoms with Crippen molar-refractivity contribution >= 4 is 11.8 Å². The van der Waals surface area contributed by atoms with Crippen LogP contribution in [0.4, 0.5) is 0 Å². The third-order valence-corrected chi connectivity index (χ3v) is 4.43. The summed E-state index contributed by atoms with van der Waals surface area (Å²) in [6.07, 6.45) is 6.10. The average Bonchev–Trinajstić information content (AvgIpc) is 2.38. The van der Waals surface area contributed by atoms with Crippen molar-refractivity contribution < 1.29 is 19.8 Å². The molecule has 1 unspecified atom stereocenters. The molecule has 0 amide bonds. The van der Waals surface area contributed by atoms with Crippen LogP contribution in [-0.4, -0.2) is 27.6 Å². The van der Waals surface area contributed by atoms with Gasteiger partial charge in [-0.2, -0.15) is 0 Å². The van der Waals surface area contributed by atoms with Crippen LogP contribution in [-0.2, 0) is 9.59 Å². The zero-order valence-electron chi connectivity index (χ0n) is 14.1. The summed E-state index contributed by atoms with van der Waals surface area (Å²) in [5, 5.41) is 20.0. The van der Waals surface area contributed by atoms with E-state index in [1.54, 1.807) is 26.0 Å². The van der Waals surface area contributed by atoms with E-state index in [1.165, 1.54) is 0 Å². The number of carbonyl (C=O) groups is 2. The molecule has 0 aromatic rings. The number of Topliss-reactive ketones (excluding diaryl/α,β-unsaturated/α-hetero) is 1. The normalized spacial score (nSPS) is 25.9. The number of hydrogen-bond acceptors (Lipinski definition) is 3. The highest BCUT2D eigenvalue weighted by Gasteiger charge is 2.49. The second-order valence-electron chi connectivity index (χ2n) is 6.66. The van der Waals surface area contributed by atoms with Gasteiger partial charge in [0.1, 0.15) is 5.60 Å². The van der Waals surface area contributed by atoms with Gasteiger partial charge in [-0.15, -0.1) is 0 Å². The van der Waals surface area contributed by atoms with E-state index in [-0.39, 0.29) is 12.2 Å². The lowest BCUT2D eigenvalue weighted by Gasteiger charge is -2.45. The Bertz CT molecular complexity index is 564. The van der Waals surface area contributed by atoms with Gasteiger partial charge >= 0.3 is 5.97 Å². The number of carboxylic acid groups (broad SMARTS) is 1. The molecule has 22 heavy (non-hydrogen) atoms. The topological polar surface area (TPSA) is 74.6 Å². The van der Waals surface area contributed by atoms with Gasteiger partial charge < -0.3 is 10.2 Å². The first-order chi connectivity index (χ1) is 10.0. The molecule has 122 valence electrons. The first kappa shape index (κ1) is 18.4. The van der Waals surface area contributed by atoms with E-state index < -0.39 is 17.0 Å². The van der Waals surface area contributed by atoms with Crippen LogP contribution in [0.1, 0.15) is 53.9 Å². The number of ketones is 1. The summed E-state index contributed by atoms with van der Waals surface area (Å²) in [4.78, 5) is 23.0. The van der Waals surface area contributed by atoms with Crippen LogP contribution < -0.4 is 0 Å². The highest BCUT2D eigenvalue weighted by atomic mass is 16.4. The van der Waals surface area contributed by atoms with Gasteiger partial charge in [0.05, 0.1) is 0 Å². The van der Waals surface area contributed by atoms with Gasteiger partial charge in [-0.05, 0) is 43.1 Å². The Morgan fingerprint density at radius 1 is 1.36 bits per heavy atom. The molecule has 1 atom stereocenters. The lowest BCUT2D eigenvalue weighted by Crippen LogP contribution is -2.49. The summed E-state index contributed by atoms with van der Waals surface area (Å²) in [7, 11) is 0. The van der Waals surface area contributed by atoms with E-state index in [4.69, 9.17) is 5.11 Å². The monoisotopic (exact) mass is 306 g/mol. The fourth-order valence-corrected chi connectivity index (χ4v) is 3.01. The van der Waals surface area contributed by atoms with Gasteiger partial charge in [-0.25, -0.2) is 4.79 Å². The van der Waals surface area contributed by atoms with Crippen LogP contribution in [0.15, 0.2) is 34.9 Å². The van der Waals surface area contributed by atoms with Crippen molar-refractivity contribution in [2.24, 2.45) is 5.41 Å². The van der Waals surface area contributed by atoms with Gasteiger partial charge in [0.25, 0.3) is 0 Å². The molecule has 1 aliphatic carbocycles. The van der Waals surface area contributed by atoms with E-state index in [0.29, 0.717) is 23.1 Å². The van der Waals surface area contributed by atoms with Crippen molar-refractivity contribution in [1.82, 2.24) is 0 Å². The maximum Gasteiger partial charge on any atom is 0.328 e. The SMILES string of the molecule is CCCC1=C(C)C(O)(C=CC(C)=CC(=O)O)C(C)(C)CC1=O. The van der Waals surface area contributed by atoms with Crippen molar-refractivity contribution in [1.29, 1.82) is 0 Å². The minimum absolute atomic E-state index is 0.0974. The van der Waals surface area contributed by atoms with E-state index in [0.717, 1.165) is 12.5 Å². The molecule has 1 aliphatic rings. The fourth-order valence-electron chi connectivity index (χ4n) is 3.01. The highest BCUT2D eigenvalue weighted by Crippen LogP contribution is 2.47. The number of carbonyl (C=O) groups excluding carboxylic acids is 1. The summed E-state index contributed by atoms with van der Waals surface area (Å²) in [6, 6.07) is 0. The zero-order valence-corrected chi connectivity index (χ0v) is 14.1. The molecule has 0 bridgehead atoms. The quantitative estimate of drug-likeness (QED) is 0.603. The molecule has 0 radical (unpaired) electrons. The van der Waals surface area contributed by atoms with Crippen molar-refractivity contribution in [3.8, 4) is 0 Å². The molecular formula is C18H26O4. The van der Waals surface area contributed by atoms with E-state index in [2.05, 4.69) is 0 Å². The maximum atomic E-state index is 12.3. The van der Waals surface area contributed by atoms with Crippen molar-refractivity contribution in [2.45, 2.75) is 59.5 Å². The number of aliphatic hydroxyl groups is 1. The Labute approximate surface area is 132 Å². The minimum Gasteiger partial charge on any atom is -0.478 e. The molecule has 0 saturated carbocycles. The van der Waals surface area contributed by atoms with Crippen LogP contribution >= 0.6 is 0 Å². The van der Waals surface area contributed by atoms with Gasteiger partial charge in [-0.1, -0.05) is 33.3 Å². The Kier molecular flexibility index (Phi) is 5.52. The first-order valence-corrected chi connectivity index (χ1v) is 7.61. The number of allylic oxidation sites excluding steroid dienone is 3. The molecule has 2 N–H and O–H groups in total. The van der Waals surface area contributed by atoms with Gasteiger partial charge in [0.15, 0.2) is 5.78 Å². The smallest absolute Gasteiger partial charge is 0.328 e. The number of rotatable bonds is 5. The van der Waals surface area contributed by atoms with Crippen LogP contribution in [0.5, 0.6) is 0 Å². The number of carboxylic acids is 1. The third-order valence-electron chi connectivity index (χ3n) is 4.43. The third kappa shape index (κ3) is 3.55. The van der Waals surface area contributed by atoms with Crippen LogP contribution in [0.3, 0.4) is 0 Å². The molecular weight excluding hydrogens is 280 g/mol. The predicted molar refractivity (Wildman–Crippen MR) is 86.5 cm³/mol. The number of hydrogen-bond donors (Lipinski definition) is 2. The van der Waals surface area contributed by atoms with Gasteiger partial charge in [0, 0.05) is 17.9 Å². The maximum absolute atomic E-state index is 12.3. The lowest BCUT2D eigenvalue weighted by atomic mass is 9.62. The summed E-state index contributed by atoms with van der Waals surface area (Å²) < 4.78 is 0. The summed E-state index contributed by atoms with van der Waals surface area (Å²) in [6.45, 7) is 9.18. The van der Waals surface area contributed by atoms with E-state index >= 15 is 0 Å². The fraction of sp³-hybridized carbons (Fsp3) is 0.556. The first-order valence-electron chi connectivity index (χ1n) is 7.61. The van der Waals surface area contributed by atoms with Crippen molar-refractivity contribution in [2.75, 3.05) is 0 Å². The van der Waals surface area contributed by atoms with Crippen molar-refractivity contribution in [3.05, 3.63) is 34.9 Å². The Morgan fingerprint density at radius 2 is 1.95 bits per heavy atom. The van der Waals surface area contributed by atoms with E-state index in [1.807, 2.05) is 20.8 Å². The molecule has 0 spiro atoms. The molecule has 0 aliphatic heterocycles. The molecule has 0 fully saturated rings. The predicted octanol–water partition coefficient (Wildman–Crippen LogP) is 3.42. The number of aliphatic carboxylic acids is 1. The van der Waals surface area contributed by atoms with Gasteiger partial charge in [0.2, 0.25) is 0 Å². The lowest BCUT2D eigenvalue weighted by molar-refractivity contribution is -0.131. The van der Waals surface area contributed by atoms with Crippen LogP contribution in [0.2, 0.25) is 0 Å². The largest absolute Gasteiger partial charge is 0.478 e. The molecule has 0 aromatic carbocycles. The summed E-state index contributed by atoms with van der Waals surface area (Å²) in [5.41, 5.74) is 0.0343. The second-order valence-corrected chi connectivity index (χ2v) is 6.66. The molecule has 1 rings (SSSR count). The zero-order chi connectivity index (χ0) is 17.1. The van der Waals surface area contributed by atoms with Crippen molar-refractivity contribution in [3.63, 3.8) is 0 Å². The minimum atomic E-state index is -1.25. The van der Waals surface area contributed by atoms with Crippen LogP contribution in [0, 0.1) is 5.41 Å². The Morgan fingerprint density at radius 3 is 2.45 bits per heavy atom. The summed E-state index contributed by atoms with van der Waals surface area (Å²) >= 11 is 0. The van der Waals surface area contributed by atoms with Gasteiger partial charge in [-0.3, -0.25) is 4.79 Å². The summed E-state index contributed by atoms with van der Waals surface area (Å²) in [5.74, 6) is -0.925. The Balaban J connectivity index is 3.34. The molecule has 0 saturated heterocycles. The molecule has 0 aromatic heterocycles. The van der Waals surface area contributed by atoms with E-state index in [9.17, 15) is 14.7 Å². The molecule has 0 heterocycles. The highest BCUT2D eigenvalue weighted by molar-refractivity contribution is 5.98. The average molecular weight is 306 g/mol. The molecule has 4 nitrogen and oxygen atoms in total. The molecule has 4 heteroatoms. The van der Waals surface area contributed by atoms with Crippen LogP contribution in [0.25, 0.3) is 0 Å².